The second-order valence-corrected chi connectivity index (χ2v) is 6.38. The maximum absolute atomic E-state index is 10.8. The number of carbonyl (C=O) groups excluding carboxylic acids is 1. The van der Waals surface area contributed by atoms with E-state index in [0.717, 1.165) is 0 Å². The minimum atomic E-state index is -0.958. The van der Waals surface area contributed by atoms with E-state index in [4.69, 9.17) is 4.74 Å². The molecule has 0 aromatic heterocycles. The number of ether oxygens (including phenoxy) is 1. The van der Waals surface area contributed by atoms with Crippen LogP contribution in [-0.2, 0) is 4.79 Å². The Bertz CT molecular complexity index is 661. The van der Waals surface area contributed by atoms with Gasteiger partial charge >= 0.3 is 0 Å². The molecule has 0 amide bonds. The van der Waals surface area contributed by atoms with E-state index in [2.05, 4.69) is 0 Å². The van der Waals surface area contributed by atoms with E-state index in [1.165, 1.54) is 13.0 Å². The SMILES string of the molecule is CC(=O)CCCC(O)C(O)/C=C/C=C/C=C/C=C/C(O)COc1ccccc1. The molecule has 0 bridgehead atoms. The van der Waals surface area contributed by atoms with Gasteiger partial charge in [0, 0.05) is 6.42 Å². The fourth-order valence-corrected chi connectivity index (χ4v) is 2.24. The Morgan fingerprint density at radius 2 is 1.57 bits per heavy atom. The highest BCUT2D eigenvalue weighted by Gasteiger charge is 2.12. The van der Waals surface area contributed by atoms with Crippen molar-refractivity contribution in [3.63, 3.8) is 0 Å². The van der Waals surface area contributed by atoms with Crippen LogP contribution in [0.5, 0.6) is 5.75 Å². The minimum absolute atomic E-state index is 0.0808. The summed E-state index contributed by atoms with van der Waals surface area (Å²) < 4.78 is 5.45. The third-order valence-corrected chi connectivity index (χ3v) is 3.78. The Kier molecular flexibility index (Phi) is 12.3. The molecule has 1 aromatic rings. The second-order valence-electron chi connectivity index (χ2n) is 6.38. The van der Waals surface area contributed by atoms with Crippen molar-refractivity contribution in [3.05, 3.63) is 78.9 Å². The fourth-order valence-electron chi connectivity index (χ4n) is 2.24. The lowest BCUT2D eigenvalue weighted by molar-refractivity contribution is -0.117. The van der Waals surface area contributed by atoms with Crippen LogP contribution < -0.4 is 4.74 Å². The number of benzene rings is 1. The molecule has 3 unspecified atom stereocenters. The predicted octanol–water partition coefficient (Wildman–Crippen LogP) is 3.13. The van der Waals surface area contributed by atoms with Crippen LogP contribution in [0.3, 0.4) is 0 Å². The maximum atomic E-state index is 10.8. The lowest BCUT2D eigenvalue weighted by Gasteiger charge is -2.13. The van der Waals surface area contributed by atoms with Gasteiger partial charge in [-0.1, -0.05) is 66.8 Å². The Morgan fingerprint density at radius 3 is 2.21 bits per heavy atom. The summed E-state index contributed by atoms with van der Waals surface area (Å²) in [6, 6.07) is 9.30. The van der Waals surface area contributed by atoms with Crippen LogP contribution in [0.4, 0.5) is 0 Å². The number of rotatable bonds is 13. The Balaban J connectivity index is 2.22. The van der Waals surface area contributed by atoms with Gasteiger partial charge in [-0.05, 0) is 31.9 Å². The number of aliphatic hydroxyl groups excluding tert-OH is 3. The largest absolute Gasteiger partial charge is 0.491 e. The molecule has 0 heterocycles. The number of Topliss-reactive ketones (excluding diaryl/α,β-unsaturated/α-hetero) is 1. The lowest BCUT2D eigenvalue weighted by Crippen LogP contribution is -2.23. The molecule has 28 heavy (non-hydrogen) atoms. The maximum Gasteiger partial charge on any atom is 0.129 e. The first-order chi connectivity index (χ1) is 13.5. The van der Waals surface area contributed by atoms with Crippen molar-refractivity contribution >= 4 is 5.78 Å². The topological polar surface area (TPSA) is 87.0 Å². The van der Waals surface area contributed by atoms with Gasteiger partial charge in [-0.3, -0.25) is 0 Å². The monoisotopic (exact) mass is 386 g/mol. The Hall–Kier alpha value is -2.47. The highest BCUT2D eigenvalue weighted by atomic mass is 16.5. The van der Waals surface area contributed by atoms with Gasteiger partial charge in [0.15, 0.2) is 0 Å². The van der Waals surface area contributed by atoms with Crippen LogP contribution in [-0.4, -0.2) is 46.0 Å². The van der Waals surface area contributed by atoms with E-state index >= 15 is 0 Å². The number of ketones is 1. The number of carbonyl (C=O) groups is 1. The summed E-state index contributed by atoms with van der Waals surface area (Å²) in [5.41, 5.74) is 0. The van der Waals surface area contributed by atoms with Crippen LogP contribution in [0.1, 0.15) is 26.2 Å². The minimum Gasteiger partial charge on any atom is -0.491 e. The predicted molar refractivity (Wildman–Crippen MR) is 111 cm³/mol. The van der Waals surface area contributed by atoms with Gasteiger partial charge in [-0.2, -0.15) is 0 Å². The summed E-state index contributed by atoms with van der Waals surface area (Å²) in [6.07, 6.45) is 12.4. The number of allylic oxidation sites excluding steroid dienone is 6. The molecule has 0 aliphatic heterocycles. The van der Waals surface area contributed by atoms with E-state index in [1.54, 1.807) is 42.5 Å². The molecule has 1 rings (SSSR count). The summed E-state index contributed by atoms with van der Waals surface area (Å²) in [4.78, 5) is 10.8. The van der Waals surface area contributed by atoms with Crippen LogP contribution in [0.25, 0.3) is 0 Å². The molecule has 3 N–H and O–H groups in total. The van der Waals surface area contributed by atoms with Gasteiger partial charge < -0.3 is 24.9 Å². The Labute approximate surface area is 167 Å². The molecule has 1 aromatic carbocycles. The normalized spacial score (nSPS) is 15.6. The number of aliphatic hydroxyl groups is 3. The van der Waals surface area contributed by atoms with E-state index < -0.39 is 18.3 Å². The third kappa shape index (κ3) is 12.0. The molecular weight excluding hydrogens is 356 g/mol. The first kappa shape index (κ1) is 23.6. The third-order valence-electron chi connectivity index (χ3n) is 3.78. The van der Waals surface area contributed by atoms with E-state index in [9.17, 15) is 20.1 Å². The molecule has 0 radical (unpaired) electrons. The van der Waals surface area contributed by atoms with Gasteiger partial charge in [0.25, 0.3) is 0 Å². The average Bonchev–Trinajstić information content (AvgIpc) is 2.68. The van der Waals surface area contributed by atoms with Crippen molar-refractivity contribution in [3.8, 4) is 5.75 Å². The smallest absolute Gasteiger partial charge is 0.129 e. The Morgan fingerprint density at radius 1 is 0.964 bits per heavy atom. The molecule has 0 saturated carbocycles. The molecule has 0 spiro atoms. The van der Waals surface area contributed by atoms with Crippen molar-refractivity contribution in [1.29, 1.82) is 0 Å². The summed E-state index contributed by atoms with van der Waals surface area (Å²) >= 11 is 0. The van der Waals surface area contributed by atoms with Crippen LogP contribution >= 0.6 is 0 Å². The first-order valence-corrected chi connectivity index (χ1v) is 9.39. The first-order valence-electron chi connectivity index (χ1n) is 9.39. The van der Waals surface area contributed by atoms with Gasteiger partial charge in [0.1, 0.15) is 24.2 Å². The quantitative estimate of drug-likeness (QED) is 0.454. The average molecular weight is 386 g/mol. The van der Waals surface area contributed by atoms with E-state index in [1.807, 2.05) is 30.3 Å². The van der Waals surface area contributed by atoms with Gasteiger partial charge in [-0.15, -0.1) is 0 Å². The molecule has 0 aliphatic rings. The van der Waals surface area contributed by atoms with Crippen molar-refractivity contribution in [2.24, 2.45) is 0 Å². The van der Waals surface area contributed by atoms with E-state index in [-0.39, 0.29) is 12.4 Å². The standard InChI is InChI=1S/C23H30O5/c1-19(24)12-11-17-23(27)22(26)16-10-5-3-2-4-7-13-20(25)18-28-21-14-8-6-9-15-21/h2-10,13-16,20,22-23,25-27H,11-12,17-18H2,1H3/b4-2+,5-3+,13-7+,16-10+. The number of hydrogen-bond donors (Lipinski definition) is 3. The zero-order chi connectivity index (χ0) is 20.6. The highest BCUT2D eigenvalue weighted by molar-refractivity contribution is 5.75. The van der Waals surface area contributed by atoms with Gasteiger partial charge in [0.05, 0.1) is 12.2 Å². The fraction of sp³-hybridized carbons (Fsp3) is 0.348. The molecule has 5 heteroatoms. The highest BCUT2D eigenvalue weighted by Crippen LogP contribution is 2.09. The summed E-state index contributed by atoms with van der Waals surface area (Å²) in [5, 5.41) is 29.4. The van der Waals surface area contributed by atoms with Crippen molar-refractivity contribution in [2.75, 3.05) is 6.61 Å². The summed E-state index contributed by atoms with van der Waals surface area (Å²) in [6.45, 7) is 1.69. The summed E-state index contributed by atoms with van der Waals surface area (Å²) in [7, 11) is 0. The molecule has 0 saturated heterocycles. The summed E-state index contributed by atoms with van der Waals surface area (Å²) in [5.74, 6) is 0.795. The molecular formula is C23H30O5. The molecule has 3 atom stereocenters. The van der Waals surface area contributed by atoms with Crippen LogP contribution in [0.15, 0.2) is 78.9 Å². The zero-order valence-electron chi connectivity index (χ0n) is 16.2. The van der Waals surface area contributed by atoms with Gasteiger partial charge in [0.2, 0.25) is 0 Å². The molecule has 152 valence electrons. The molecule has 0 fully saturated rings. The molecule has 0 aliphatic carbocycles. The number of hydrogen-bond acceptors (Lipinski definition) is 5. The number of para-hydroxylation sites is 1. The molecule has 5 nitrogen and oxygen atoms in total. The lowest BCUT2D eigenvalue weighted by atomic mass is 10.1. The van der Waals surface area contributed by atoms with Gasteiger partial charge in [-0.25, -0.2) is 0 Å². The second kappa shape index (κ2) is 14.6. The van der Waals surface area contributed by atoms with E-state index in [0.29, 0.717) is 25.0 Å². The van der Waals surface area contributed by atoms with Crippen LogP contribution in [0.2, 0.25) is 0 Å². The van der Waals surface area contributed by atoms with Crippen molar-refractivity contribution in [2.45, 2.75) is 44.5 Å². The van der Waals surface area contributed by atoms with Crippen molar-refractivity contribution < 1.29 is 24.9 Å². The zero-order valence-corrected chi connectivity index (χ0v) is 16.2. The van der Waals surface area contributed by atoms with Crippen LogP contribution in [0, 0.1) is 0 Å². The van der Waals surface area contributed by atoms with Crippen molar-refractivity contribution in [1.82, 2.24) is 0 Å².